The van der Waals surface area contributed by atoms with Gasteiger partial charge in [0.1, 0.15) is 11.5 Å². The van der Waals surface area contributed by atoms with Gasteiger partial charge in [0.2, 0.25) is 0 Å². The van der Waals surface area contributed by atoms with Gasteiger partial charge in [-0.15, -0.1) is 0 Å². The van der Waals surface area contributed by atoms with E-state index in [1.54, 1.807) is 29.2 Å². The quantitative estimate of drug-likeness (QED) is 0.367. The molecular formula is C25H26ClNO4. The van der Waals surface area contributed by atoms with Crippen LogP contribution >= 0.6 is 11.6 Å². The number of hydrogen-bond donors (Lipinski definition) is 1. The van der Waals surface area contributed by atoms with Gasteiger partial charge in [-0.25, -0.2) is 0 Å². The van der Waals surface area contributed by atoms with Crippen LogP contribution in [0.15, 0.2) is 54.1 Å². The third-order valence-corrected chi connectivity index (χ3v) is 6.24. The van der Waals surface area contributed by atoms with Crippen molar-refractivity contribution in [3.05, 3.63) is 70.3 Å². The average molecular weight is 440 g/mol. The molecule has 1 heterocycles. The number of carbonyl (C=O) groups excluding carboxylic acids is 2. The Labute approximate surface area is 187 Å². The van der Waals surface area contributed by atoms with E-state index in [0.717, 1.165) is 43.4 Å². The molecule has 1 N–H and O–H groups in total. The Kier molecular flexibility index (Phi) is 6.33. The highest BCUT2D eigenvalue weighted by Crippen LogP contribution is 2.43. The maximum Gasteiger partial charge on any atom is 0.295 e. The fourth-order valence-corrected chi connectivity index (χ4v) is 4.59. The van der Waals surface area contributed by atoms with E-state index in [9.17, 15) is 14.7 Å². The zero-order valence-corrected chi connectivity index (χ0v) is 18.3. The van der Waals surface area contributed by atoms with Crippen LogP contribution in [0.2, 0.25) is 5.02 Å². The van der Waals surface area contributed by atoms with Crippen LogP contribution in [0.3, 0.4) is 0 Å². The molecule has 1 unspecified atom stereocenters. The van der Waals surface area contributed by atoms with Crippen LogP contribution in [0, 0.1) is 0 Å². The van der Waals surface area contributed by atoms with Gasteiger partial charge in [-0.3, -0.25) is 9.59 Å². The normalized spacial score (nSPS) is 21.1. The average Bonchev–Trinajstić information content (AvgIpc) is 3.40. The summed E-state index contributed by atoms with van der Waals surface area (Å²) in [6.45, 7) is 2.66. The molecule has 4 rings (SSSR count). The fourth-order valence-electron chi connectivity index (χ4n) is 4.47. The number of Topliss-reactive ketones (excluding diaryl/α,β-unsaturated/α-hetero) is 1. The number of benzene rings is 2. The van der Waals surface area contributed by atoms with E-state index in [0.29, 0.717) is 17.2 Å². The lowest BCUT2D eigenvalue weighted by atomic mass is 9.94. The van der Waals surface area contributed by atoms with Gasteiger partial charge in [0.25, 0.3) is 11.7 Å². The molecule has 5 nitrogen and oxygen atoms in total. The lowest BCUT2D eigenvalue weighted by molar-refractivity contribution is -0.141. The Morgan fingerprint density at radius 1 is 1.06 bits per heavy atom. The number of amides is 1. The Hall–Kier alpha value is -2.79. The molecule has 2 fully saturated rings. The summed E-state index contributed by atoms with van der Waals surface area (Å²) in [5, 5.41) is 11.6. The molecule has 0 radical (unpaired) electrons. The topological polar surface area (TPSA) is 66.8 Å². The van der Waals surface area contributed by atoms with Gasteiger partial charge >= 0.3 is 0 Å². The molecule has 0 aromatic heterocycles. The summed E-state index contributed by atoms with van der Waals surface area (Å²) in [7, 11) is 0. The molecule has 1 saturated heterocycles. The number of hydrogen-bond acceptors (Lipinski definition) is 4. The molecule has 1 aliphatic carbocycles. The Morgan fingerprint density at radius 3 is 2.32 bits per heavy atom. The SMILES string of the molecule is CCCOc1ccc(C2/C(=C(/O)c3ccc(Cl)cc3)C(=O)C(=O)N2C2CCCC2)cc1. The molecule has 1 amide bonds. The first-order valence-electron chi connectivity index (χ1n) is 10.8. The van der Waals surface area contributed by atoms with Crippen molar-refractivity contribution in [1.29, 1.82) is 0 Å². The van der Waals surface area contributed by atoms with E-state index in [4.69, 9.17) is 16.3 Å². The van der Waals surface area contributed by atoms with Crippen molar-refractivity contribution in [2.24, 2.45) is 0 Å². The maximum absolute atomic E-state index is 13.1. The van der Waals surface area contributed by atoms with Crippen LogP contribution in [0.25, 0.3) is 5.76 Å². The number of aliphatic hydroxyl groups is 1. The highest BCUT2D eigenvalue weighted by Gasteiger charge is 2.49. The van der Waals surface area contributed by atoms with E-state index in [1.165, 1.54) is 0 Å². The summed E-state index contributed by atoms with van der Waals surface area (Å²) in [4.78, 5) is 27.8. The van der Waals surface area contributed by atoms with Gasteiger partial charge in [0, 0.05) is 16.6 Å². The number of ether oxygens (including phenoxy) is 1. The minimum Gasteiger partial charge on any atom is -0.507 e. The zero-order chi connectivity index (χ0) is 22.0. The number of rotatable bonds is 6. The molecular weight excluding hydrogens is 414 g/mol. The predicted molar refractivity (Wildman–Crippen MR) is 120 cm³/mol. The fraction of sp³-hybridized carbons (Fsp3) is 0.360. The molecule has 6 heteroatoms. The van der Waals surface area contributed by atoms with Crippen LogP contribution in [-0.2, 0) is 9.59 Å². The van der Waals surface area contributed by atoms with E-state index in [2.05, 4.69) is 0 Å². The highest BCUT2D eigenvalue weighted by atomic mass is 35.5. The number of carbonyl (C=O) groups is 2. The van der Waals surface area contributed by atoms with E-state index >= 15 is 0 Å². The van der Waals surface area contributed by atoms with Gasteiger partial charge < -0.3 is 14.7 Å². The first-order chi connectivity index (χ1) is 15.0. The van der Waals surface area contributed by atoms with Gasteiger partial charge in [-0.05, 0) is 61.2 Å². The molecule has 0 bridgehead atoms. The largest absolute Gasteiger partial charge is 0.507 e. The van der Waals surface area contributed by atoms with Gasteiger partial charge in [-0.1, -0.05) is 43.5 Å². The highest BCUT2D eigenvalue weighted by molar-refractivity contribution is 6.46. The molecule has 2 aliphatic rings. The van der Waals surface area contributed by atoms with Crippen LogP contribution in [0.5, 0.6) is 5.75 Å². The summed E-state index contributed by atoms with van der Waals surface area (Å²) >= 11 is 5.97. The molecule has 1 saturated carbocycles. The summed E-state index contributed by atoms with van der Waals surface area (Å²) in [5.74, 6) is -0.623. The third kappa shape index (κ3) is 4.19. The van der Waals surface area contributed by atoms with Crippen LogP contribution < -0.4 is 4.74 Å². The summed E-state index contributed by atoms with van der Waals surface area (Å²) in [5.41, 5.74) is 1.37. The Balaban J connectivity index is 1.80. The lowest BCUT2D eigenvalue weighted by Crippen LogP contribution is -2.37. The van der Waals surface area contributed by atoms with Crippen LogP contribution in [-0.4, -0.2) is 34.3 Å². The summed E-state index contributed by atoms with van der Waals surface area (Å²) < 4.78 is 5.68. The predicted octanol–water partition coefficient (Wildman–Crippen LogP) is 5.49. The van der Waals surface area contributed by atoms with Crippen molar-refractivity contribution >= 4 is 29.1 Å². The number of nitrogens with zero attached hydrogens (tertiary/aromatic N) is 1. The number of likely N-dealkylation sites (tertiary alicyclic amines) is 1. The molecule has 1 aliphatic heterocycles. The number of ketones is 1. The third-order valence-electron chi connectivity index (χ3n) is 5.98. The minimum atomic E-state index is -0.643. The molecule has 2 aromatic rings. The van der Waals surface area contributed by atoms with E-state index < -0.39 is 17.7 Å². The van der Waals surface area contributed by atoms with Crippen molar-refractivity contribution in [2.45, 2.75) is 51.1 Å². The first-order valence-corrected chi connectivity index (χ1v) is 11.2. The van der Waals surface area contributed by atoms with Crippen molar-refractivity contribution < 1.29 is 19.4 Å². The van der Waals surface area contributed by atoms with Crippen molar-refractivity contribution in [2.75, 3.05) is 6.61 Å². The second kappa shape index (κ2) is 9.15. The van der Waals surface area contributed by atoms with Crippen molar-refractivity contribution in [3.63, 3.8) is 0 Å². The number of halogens is 1. The number of aliphatic hydroxyl groups excluding tert-OH is 1. The second-order valence-electron chi connectivity index (χ2n) is 8.07. The molecule has 2 aromatic carbocycles. The molecule has 162 valence electrons. The molecule has 1 atom stereocenters. The smallest absolute Gasteiger partial charge is 0.295 e. The Morgan fingerprint density at radius 2 is 1.71 bits per heavy atom. The molecule has 0 spiro atoms. The van der Waals surface area contributed by atoms with Crippen LogP contribution in [0.1, 0.15) is 56.2 Å². The lowest BCUT2D eigenvalue weighted by Gasteiger charge is -2.30. The first kappa shape index (κ1) is 21.4. The van der Waals surface area contributed by atoms with Crippen molar-refractivity contribution in [3.8, 4) is 5.75 Å². The zero-order valence-electron chi connectivity index (χ0n) is 17.5. The summed E-state index contributed by atoms with van der Waals surface area (Å²) in [6, 6.07) is 13.4. The van der Waals surface area contributed by atoms with Gasteiger partial charge in [0.05, 0.1) is 18.2 Å². The second-order valence-corrected chi connectivity index (χ2v) is 8.51. The standard InChI is InChI=1S/C25H26ClNO4/c1-2-15-31-20-13-9-16(10-14-20)22-21(23(28)17-7-11-18(26)12-8-17)24(29)25(30)27(22)19-5-3-4-6-19/h7-14,19,22,28H,2-6,15H2,1H3/b23-21-. The van der Waals surface area contributed by atoms with E-state index in [-0.39, 0.29) is 17.4 Å². The molecule has 31 heavy (non-hydrogen) atoms. The summed E-state index contributed by atoms with van der Waals surface area (Å²) in [6.07, 6.45) is 4.69. The van der Waals surface area contributed by atoms with Gasteiger partial charge in [0.15, 0.2) is 0 Å². The Bertz CT molecular complexity index is 991. The minimum absolute atomic E-state index is 0.00649. The maximum atomic E-state index is 13.1. The monoisotopic (exact) mass is 439 g/mol. The van der Waals surface area contributed by atoms with Crippen molar-refractivity contribution in [1.82, 2.24) is 4.90 Å². The van der Waals surface area contributed by atoms with Crippen LogP contribution in [0.4, 0.5) is 0 Å². The van der Waals surface area contributed by atoms with Gasteiger partial charge in [-0.2, -0.15) is 0 Å². The van der Waals surface area contributed by atoms with E-state index in [1.807, 2.05) is 31.2 Å².